The highest BCUT2D eigenvalue weighted by atomic mass is 32.1. The molecule has 1 aromatic rings. The molecule has 0 aromatic carbocycles. The van der Waals surface area contributed by atoms with Gasteiger partial charge in [-0.25, -0.2) is 0 Å². The van der Waals surface area contributed by atoms with E-state index in [1.807, 2.05) is 4.90 Å². The number of carbonyl (C=O) groups excluding carboxylic acids is 2. The van der Waals surface area contributed by atoms with Crippen LogP contribution < -0.4 is 5.32 Å². The van der Waals surface area contributed by atoms with E-state index in [-0.39, 0.29) is 11.8 Å². The van der Waals surface area contributed by atoms with Crippen molar-refractivity contribution < 1.29 is 9.59 Å². The molecular formula is C16H23N3O2S. The third-order valence-corrected chi connectivity index (χ3v) is 5.69. The van der Waals surface area contributed by atoms with Gasteiger partial charge in [-0.15, -0.1) is 11.3 Å². The van der Waals surface area contributed by atoms with Crippen molar-refractivity contribution >= 4 is 23.2 Å². The van der Waals surface area contributed by atoms with Crippen LogP contribution in [0.25, 0.3) is 0 Å². The molecule has 0 saturated carbocycles. The van der Waals surface area contributed by atoms with Crippen molar-refractivity contribution in [2.45, 2.75) is 25.7 Å². The number of carbonyl (C=O) groups is 2. The van der Waals surface area contributed by atoms with Crippen molar-refractivity contribution in [3.63, 3.8) is 0 Å². The maximum Gasteiger partial charge on any atom is 0.255 e. The third-order valence-electron chi connectivity index (χ3n) is 4.60. The first-order chi connectivity index (χ1) is 10.7. The molecule has 0 unspecified atom stereocenters. The topological polar surface area (TPSA) is 52.7 Å². The van der Waals surface area contributed by atoms with Crippen molar-refractivity contribution in [2.75, 3.05) is 39.8 Å². The van der Waals surface area contributed by atoms with Crippen LogP contribution in [-0.2, 0) is 17.6 Å². The Morgan fingerprint density at radius 3 is 2.64 bits per heavy atom. The number of hydrogen-bond acceptors (Lipinski definition) is 4. The van der Waals surface area contributed by atoms with Gasteiger partial charge in [0.2, 0.25) is 5.91 Å². The predicted molar refractivity (Wildman–Crippen MR) is 87.4 cm³/mol. The molecule has 2 heterocycles. The number of thiophene rings is 1. The minimum atomic E-state index is 0.0340. The number of nitrogens with zero attached hydrogens (tertiary/aromatic N) is 2. The molecular weight excluding hydrogens is 298 g/mol. The zero-order valence-electron chi connectivity index (χ0n) is 13.1. The predicted octanol–water partition coefficient (Wildman–Crippen LogP) is 1.13. The van der Waals surface area contributed by atoms with Crippen LogP contribution in [0.5, 0.6) is 0 Å². The molecule has 3 rings (SSSR count). The number of amides is 2. The minimum Gasteiger partial charge on any atom is -0.358 e. The molecule has 2 amide bonds. The minimum absolute atomic E-state index is 0.0340. The highest BCUT2D eigenvalue weighted by molar-refractivity contribution is 7.10. The lowest BCUT2D eigenvalue weighted by molar-refractivity contribution is -0.122. The molecule has 120 valence electrons. The summed E-state index contributed by atoms with van der Waals surface area (Å²) in [5.41, 5.74) is 2.23. The summed E-state index contributed by atoms with van der Waals surface area (Å²) in [6.45, 7) is 3.38. The highest BCUT2D eigenvalue weighted by Crippen LogP contribution is 2.31. The van der Waals surface area contributed by atoms with Gasteiger partial charge in [-0.05, 0) is 31.2 Å². The van der Waals surface area contributed by atoms with Gasteiger partial charge in [-0.1, -0.05) is 0 Å². The molecule has 22 heavy (non-hydrogen) atoms. The fraction of sp³-hybridized carbons (Fsp3) is 0.625. The SMILES string of the molecule is CNC(=O)CN1CCN(C(=O)c2csc3c2CCCC3)CC1. The molecule has 1 N–H and O–H groups in total. The number of nitrogens with one attached hydrogen (secondary N) is 1. The summed E-state index contributed by atoms with van der Waals surface area (Å²) in [6.07, 6.45) is 4.63. The zero-order valence-corrected chi connectivity index (χ0v) is 13.9. The van der Waals surface area contributed by atoms with E-state index in [2.05, 4.69) is 15.6 Å². The molecule has 5 nitrogen and oxygen atoms in total. The smallest absolute Gasteiger partial charge is 0.255 e. The van der Waals surface area contributed by atoms with E-state index in [1.165, 1.54) is 23.3 Å². The Balaban J connectivity index is 1.60. The molecule has 1 aromatic heterocycles. The van der Waals surface area contributed by atoms with E-state index >= 15 is 0 Å². The average molecular weight is 321 g/mol. The fourth-order valence-corrected chi connectivity index (χ4v) is 4.35. The van der Waals surface area contributed by atoms with Crippen LogP contribution in [0.1, 0.15) is 33.6 Å². The third kappa shape index (κ3) is 3.17. The molecule has 1 fully saturated rings. The Morgan fingerprint density at radius 1 is 1.18 bits per heavy atom. The molecule has 6 heteroatoms. The van der Waals surface area contributed by atoms with Crippen molar-refractivity contribution in [2.24, 2.45) is 0 Å². The lowest BCUT2D eigenvalue weighted by Gasteiger charge is -2.34. The van der Waals surface area contributed by atoms with E-state index in [0.29, 0.717) is 19.6 Å². The second-order valence-corrected chi connectivity index (χ2v) is 6.96. The highest BCUT2D eigenvalue weighted by Gasteiger charge is 2.27. The van der Waals surface area contributed by atoms with Gasteiger partial charge in [0.05, 0.1) is 12.1 Å². The zero-order chi connectivity index (χ0) is 15.5. The first-order valence-electron chi connectivity index (χ1n) is 8.00. The Labute approximate surface area is 135 Å². The van der Waals surface area contributed by atoms with Crippen LogP contribution in [0.3, 0.4) is 0 Å². The molecule has 0 atom stereocenters. The fourth-order valence-electron chi connectivity index (χ4n) is 3.23. The van der Waals surface area contributed by atoms with Crippen molar-refractivity contribution in [3.05, 3.63) is 21.4 Å². The number of aryl methyl sites for hydroxylation is 1. The van der Waals surface area contributed by atoms with Gasteiger partial charge in [-0.2, -0.15) is 0 Å². The van der Waals surface area contributed by atoms with Gasteiger partial charge in [-0.3, -0.25) is 14.5 Å². The summed E-state index contributed by atoms with van der Waals surface area (Å²) in [4.78, 5) is 29.6. The first-order valence-corrected chi connectivity index (χ1v) is 8.88. The van der Waals surface area contributed by atoms with E-state index in [1.54, 1.807) is 18.4 Å². The van der Waals surface area contributed by atoms with Crippen LogP contribution in [0.15, 0.2) is 5.38 Å². The second kappa shape index (κ2) is 6.79. The summed E-state index contributed by atoms with van der Waals surface area (Å²) >= 11 is 1.75. The van der Waals surface area contributed by atoms with E-state index in [9.17, 15) is 9.59 Å². The van der Waals surface area contributed by atoms with Crippen LogP contribution in [0.4, 0.5) is 0 Å². The Morgan fingerprint density at radius 2 is 1.91 bits per heavy atom. The quantitative estimate of drug-likeness (QED) is 0.908. The standard InChI is InChI=1S/C16H23N3O2S/c1-17-15(20)10-18-6-8-19(9-7-18)16(21)13-11-22-14-5-3-2-4-12(13)14/h11H,2-10H2,1H3,(H,17,20). The van der Waals surface area contributed by atoms with E-state index in [0.717, 1.165) is 31.5 Å². The maximum atomic E-state index is 12.8. The van der Waals surface area contributed by atoms with Crippen LogP contribution >= 0.6 is 11.3 Å². The summed E-state index contributed by atoms with van der Waals surface area (Å²) in [6, 6.07) is 0. The van der Waals surface area contributed by atoms with Crippen LogP contribution in [0, 0.1) is 0 Å². The molecule has 1 saturated heterocycles. The summed E-state index contributed by atoms with van der Waals surface area (Å²) in [5, 5.41) is 4.69. The molecule has 0 bridgehead atoms. The number of hydrogen-bond donors (Lipinski definition) is 1. The van der Waals surface area contributed by atoms with Crippen molar-refractivity contribution in [1.82, 2.24) is 15.1 Å². The Bertz CT molecular complexity index is 562. The van der Waals surface area contributed by atoms with E-state index in [4.69, 9.17) is 0 Å². The second-order valence-electron chi connectivity index (χ2n) is 6.00. The van der Waals surface area contributed by atoms with Gasteiger partial charge in [0.1, 0.15) is 0 Å². The average Bonchev–Trinajstić information content (AvgIpc) is 2.99. The van der Waals surface area contributed by atoms with Gasteiger partial charge >= 0.3 is 0 Å². The lowest BCUT2D eigenvalue weighted by atomic mass is 9.95. The van der Waals surface area contributed by atoms with Gasteiger partial charge in [0, 0.05) is 43.5 Å². The maximum absolute atomic E-state index is 12.8. The van der Waals surface area contributed by atoms with Gasteiger partial charge in [0.15, 0.2) is 0 Å². The number of piperazine rings is 1. The van der Waals surface area contributed by atoms with Crippen LogP contribution in [-0.4, -0.2) is 61.4 Å². The normalized spacial score (nSPS) is 18.9. The van der Waals surface area contributed by atoms with Gasteiger partial charge in [0.25, 0.3) is 5.91 Å². The monoisotopic (exact) mass is 321 g/mol. The largest absolute Gasteiger partial charge is 0.358 e. The molecule has 2 aliphatic rings. The molecule has 1 aliphatic heterocycles. The molecule has 0 radical (unpaired) electrons. The summed E-state index contributed by atoms with van der Waals surface area (Å²) < 4.78 is 0. The van der Waals surface area contributed by atoms with Crippen LogP contribution in [0.2, 0.25) is 0 Å². The molecule has 0 spiro atoms. The summed E-state index contributed by atoms with van der Waals surface area (Å²) in [7, 11) is 1.65. The number of rotatable bonds is 3. The lowest BCUT2D eigenvalue weighted by Crippen LogP contribution is -2.51. The number of fused-ring (bicyclic) bond motifs is 1. The van der Waals surface area contributed by atoms with Crippen molar-refractivity contribution in [1.29, 1.82) is 0 Å². The molecule has 1 aliphatic carbocycles. The Kier molecular flexibility index (Phi) is 4.78. The number of likely N-dealkylation sites (N-methyl/N-ethyl adjacent to an activating group) is 1. The first kappa shape index (κ1) is 15.5. The van der Waals surface area contributed by atoms with Crippen molar-refractivity contribution in [3.8, 4) is 0 Å². The summed E-state index contributed by atoms with van der Waals surface area (Å²) in [5.74, 6) is 0.214. The van der Waals surface area contributed by atoms with E-state index < -0.39 is 0 Å². The van der Waals surface area contributed by atoms with Gasteiger partial charge < -0.3 is 10.2 Å². The Hall–Kier alpha value is -1.40.